The second kappa shape index (κ2) is 6.03. The van der Waals surface area contributed by atoms with Crippen LogP contribution in [0.5, 0.6) is 0 Å². The Morgan fingerprint density at radius 1 is 1.64 bits per heavy atom. The molecule has 0 bridgehead atoms. The van der Waals surface area contributed by atoms with E-state index >= 15 is 0 Å². The van der Waals surface area contributed by atoms with Crippen LogP contribution in [0.15, 0.2) is 6.20 Å². The van der Waals surface area contributed by atoms with Gasteiger partial charge in [-0.2, -0.15) is 11.8 Å². The molecule has 0 spiro atoms. The van der Waals surface area contributed by atoms with Gasteiger partial charge in [0.1, 0.15) is 0 Å². The van der Waals surface area contributed by atoms with E-state index in [1.54, 1.807) is 0 Å². The van der Waals surface area contributed by atoms with Crippen LogP contribution < -0.4 is 5.32 Å². The van der Waals surface area contributed by atoms with Crippen LogP contribution in [-0.4, -0.2) is 33.5 Å². The van der Waals surface area contributed by atoms with Crippen LogP contribution >= 0.6 is 11.8 Å². The minimum absolute atomic E-state index is 0.382. The monoisotopic (exact) mass is 214 g/mol. The molecule has 0 saturated carbocycles. The molecule has 1 heterocycles. The predicted octanol–water partition coefficient (Wildman–Crippen LogP) is 1.22. The first-order valence-corrected chi connectivity index (χ1v) is 6.25. The Morgan fingerprint density at radius 2 is 2.43 bits per heavy atom. The van der Waals surface area contributed by atoms with Crippen molar-refractivity contribution in [1.82, 2.24) is 20.3 Å². The summed E-state index contributed by atoms with van der Waals surface area (Å²) in [6.07, 6.45) is 5.09. The van der Waals surface area contributed by atoms with Crippen molar-refractivity contribution in [2.24, 2.45) is 7.05 Å². The maximum absolute atomic E-state index is 3.95. The number of aromatic nitrogens is 3. The van der Waals surface area contributed by atoms with Crippen molar-refractivity contribution in [2.45, 2.75) is 19.4 Å². The third kappa shape index (κ3) is 2.99. The zero-order valence-corrected chi connectivity index (χ0v) is 9.84. The minimum Gasteiger partial charge on any atom is -0.309 e. The molecule has 1 aromatic rings. The summed E-state index contributed by atoms with van der Waals surface area (Å²) in [7, 11) is 1.94. The fourth-order valence-electron chi connectivity index (χ4n) is 1.45. The molecule has 1 aromatic heterocycles. The van der Waals surface area contributed by atoms with Crippen molar-refractivity contribution < 1.29 is 0 Å². The Hall–Kier alpha value is -0.550. The number of nitrogens with one attached hydrogen (secondary N) is 1. The van der Waals surface area contributed by atoms with E-state index < -0.39 is 0 Å². The molecule has 5 heteroatoms. The van der Waals surface area contributed by atoms with Gasteiger partial charge in [0.25, 0.3) is 0 Å². The zero-order valence-electron chi connectivity index (χ0n) is 9.03. The molecule has 14 heavy (non-hydrogen) atoms. The third-order valence-electron chi connectivity index (χ3n) is 2.17. The number of hydrogen-bond donors (Lipinski definition) is 1. The Morgan fingerprint density at radius 3 is 2.93 bits per heavy atom. The van der Waals surface area contributed by atoms with Gasteiger partial charge in [-0.05, 0) is 25.0 Å². The van der Waals surface area contributed by atoms with E-state index in [9.17, 15) is 0 Å². The van der Waals surface area contributed by atoms with E-state index in [-0.39, 0.29) is 0 Å². The van der Waals surface area contributed by atoms with Gasteiger partial charge in [-0.1, -0.05) is 12.1 Å². The maximum Gasteiger partial charge on any atom is 0.0753 e. The molecule has 4 nitrogen and oxygen atoms in total. The number of thioether (sulfide) groups is 1. The molecule has 0 saturated heterocycles. The van der Waals surface area contributed by atoms with Crippen molar-refractivity contribution in [1.29, 1.82) is 0 Å². The molecule has 1 N–H and O–H groups in total. The highest BCUT2D eigenvalue weighted by Crippen LogP contribution is 2.16. The van der Waals surface area contributed by atoms with Gasteiger partial charge < -0.3 is 5.32 Å². The number of nitrogens with zero attached hydrogens (tertiary/aromatic N) is 3. The van der Waals surface area contributed by atoms with Gasteiger partial charge in [-0.3, -0.25) is 4.68 Å². The minimum atomic E-state index is 0.382. The van der Waals surface area contributed by atoms with Crippen LogP contribution in [0.4, 0.5) is 0 Å². The molecule has 0 aliphatic heterocycles. The maximum atomic E-state index is 3.95. The average Bonchev–Trinajstić information content (AvgIpc) is 2.59. The molecule has 0 radical (unpaired) electrons. The quantitative estimate of drug-likeness (QED) is 0.773. The molecule has 80 valence electrons. The highest BCUT2D eigenvalue weighted by molar-refractivity contribution is 7.98. The van der Waals surface area contributed by atoms with E-state index in [0.717, 1.165) is 18.7 Å². The Bertz CT molecular complexity index is 261. The first kappa shape index (κ1) is 11.5. The molecule has 0 aliphatic carbocycles. The van der Waals surface area contributed by atoms with Crippen LogP contribution in [0.3, 0.4) is 0 Å². The summed E-state index contributed by atoms with van der Waals surface area (Å²) >= 11 is 1.87. The molecular formula is C9H18N4S. The average molecular weight is 214 g/mol. The summed E-state index contributed by atoms with van der Waals surface area (Å²) < 4.78 is 1.84. The summed E-state index contributed by atoms with van der Waals surface area (Å²) in [6.45, 7) is 3.10. The first-order valence-electron chi connectivity index (χ1n) is 4.86. The van der Waals surface area contributed by atoms with Crippen molar-refractivity contribution in [2.75, 3.05) is 18.6 Å². The van der Waals surface area contributed by atoms with Crippen molar-refractivity contribution in [3.05, 3.63) is 11.9 Å². The summed E-state index contributed by atoms with van der Waals surface area (Å²) in [6, 6.07) is 0.382. The van der Waals surface area contributed by atoms with Crippen molar-refractivity contribution in [3.63, 3.8) is 0 Å². The summed E-state index contributed by atoms with van der Waals surface area (Å²) in [5.74, 6) is 1.16. The lowest BCUT2D eigenvalue weighted by Gasteiger charge is -2.16. The summed E-state index contributed by atoms with van der Waals surface area (Å²) in [5.41, 5.74) is 1.17. The SMILES string of the molecule is CCNC(CCSC)c1cnnn1C. The van der Waals surface area contributed by atoms with Crippen molar-refractivity contribution >= 4 is 11.8 Å². The van der Waals surface area contributed by atoms with E-state index in [0.29, 0.717) is 6.04 Å². The molecule has 0 aromatic carbocycles. The van der Waals surface area contributed by atoms with Gasteiger partial charge in [0.15, 0.2) is 0 Å². The smallest absolute Gasteiger partial charge is 0.0753 e. The molecule has 0 fully saturated rings. The van der Waals surface area contributed by atoms with Crippen LogP contribution in [0.25, 0.3) is 0 Å². The second-order valence-corrected chi connectivity index (χ2v) is 4.16. The highest BCUT2D eigenvalue weighted by Gasteiger charge is 2.13. The van der Waals surface area contributed by atoms with Gasteiger partial charge in [0, 0.05) is 7.05 Å². The summed E-state index contributed by atoms with van der Waals surface area (Å²) in [4.78, 5) is 0. The molecule has 1 unspecified atom stereocenters. The number of rotatable bonds is 6. The van der Waals surface area contributed by atoms with Gasteiger partial charge in [0.2, 0.25) is 0 Å². The van der Waals surface area contributed by atoms with Crippen LogP contribution in [0, 0.1) is 0 Å². The third-order valence-corrected chi connectivity index (χ3v) is 2.81. The van der Waals surface area contributed by atoms with Gasteiger partial charge in [-0.25, -0.2) is 0 Å². The fourth-order valence-corrected chi connectivity index (χ4v) is 1.92. The molecule has 1 atom stereocenters. The molecule has 0 aliphatic rings. The van der Waals surface area contributed by atoms with Crippen LogP contribution in [-0.2, 0) is 7.05 Å². The number of aryl methyl sites for hydroxylation is 1. The fraction of sp³-hybridized carbons (Fsp3) is 0.778. The standard InChI is InChI=1S/C9H18N4S/c1-4-10-8(5-6-14-3)9-7-11-12-13(9)2/h7-8,10H,4-6H2,1-3H3. The Labute approximate surface area is 89.5 Å². The van der Waals surface area contributed by atoms with E-state index in [4.69, 9.17) is 0 Å². The lowest BCUT2D eigenvalue weighted by Crippen LogP contribution is -2.23. The van der Waals surface area contributed by atoms with Crippen LogP contribution in [0.2, 0.25) is 0 Å². The van der Waals surface area contributed by atoms with Gasteiger partial charge in [-0.15, -0.1) is 5.10 Å². The topological polar surface area (TPSA) is 42.7 Å². The highest BCUT2D eigenvalue weighted by atomic mass is 32.2. The molecule has 1 rings (SSSR count). The normalized spacial score (nSPS) is 13.1. The van der Waals surface area contributed by atoms with E-state index in [1.165, 1.54) is 5.69 Å². The first-order chi connectivity index (χ1) is 6.79. The van der Waals surface area contributed by atoms with E-state index in [2.05, 4.69) is 28.8 Å². The zero-order chi connectivity index (χ0) is 10.4. The summed E-state index contributed by atoms with van der Waals surface area (Å²) in [5, 5.41) is 11.3. The molecule has 0 amide bonds. The van der Waals surface area contributed by atoms with Gasteiger partial charge >= 0.3 is 0 Å². The Balaban J connectivity index is 2.62. The lowest BCUT2D eigenvalue weighted by atomic mass is 10.1. The van der Waals surface area contributed by atoms with E-state index in [1.807, 2.05) is 29.7 Å². The van der Waals surface area contributed by atoms with Gasteiger partial charge in [0.05, 0.1) is 17.9 Å². The lowest BCUT2D eigenvalue weighted by molar-refractivity contribution is 0.499. The number of hydrogen-bond acceptors (Lipinski definition) is 4. The molecular weight excluding hydrogens is 196 g/mol. The second-order valence-electron chi connectivity index (χ2n) is 3.17. The predicted molar refractivity (Wildman–Crippen MR) is 60.4 cm³/mol. The largest absolute Gasteiger partial charge is 0.309 e. The van der Waals surface area contributed by atoms with Crippen molar-refractivity contribution in [3.8, 4) is 0 Å². The Kier molecular flexibility index (Phi) is 4.97. The van der Waals surface area contributed by atoms with Crippen LogP contribution in [0.1, 0.15) is 25.1 Å².